The van der Waals surface area contributed by atoms with Gasteiger partial charge in [0.25, 0.3) is 5.56 Å². The Hall–Kier alpha value is -3.45. The SMILES string of the molecule is Cc1ccc(-n2ncc3c(=O)n(CCC(=O)Nc4cccc(Cl)c4)cnc32)cc1. The second kappa shape index (κ2) is 7.89. The largest absolute Gasteiger partial charge is 0.326 e. The first-order chi connectivity index (χ1) is 14.0. The number of rotatable bonds is 5. The highest BCUT2D eigenvalue weighted by Gasteiger charge is 2.12. The van der Waals surface area contributed by atoms with Crippen LogP contribution in [0, 0.1) is 6.92 Å². The molecule has 0 aliphatic heterocycles. The number of aryl methyl sites for hydroxylation is 2. The van der Waals surface area contributed by atoms with Crippen LogP contribution in [0.4, 0.5) is 5.69 Å². The number of benzene rings is 2. The zero-order chi connectivity index (χ0) is 20.4. The van der Waals surface area contributed by atoms with Crippen LogP contribution in [-0.2, 0) is 11.3 Å². The monoisotopic (exact) mass is 407 g/mol. The van der Waals surface area contributed by atoms with Crippen LogP contribution in [0.25, 0.3) is 16.7 Å². The summed E-state index contributed by atoms with van der Waals surface area (Å²) in [5.74, 6) is -0.213. The van der Waals surface area contributed by atoms with Crippen LogP contribution >= 0.6 is 11.6 Å². The van der Waals surface area contributed by atoms with E-state index in [2.05, 4.69) is 15.4 Å². The number of fused-ring (bicyclic) bond motifs is 1. The molecule has 4 rings (SSSR count). The van der Waals surface area contributed by atoms with E-state index in [9.17, 15) is 9.59 Å². The predicted octanol–water partition coefficient (Wildman–Crippen LogP) is 3.57. The maximum Gasteiger partial charge on any atom is 0.264 e. The number of amides is 1. The van der Waals surface area contributed by atoms with Crippen molar-refractivity contribution in [2.24, 2.45) is 0 Å². The van der Waals surface area contributed by atoms with E-state index in [1.165, 1.54) is 17.1 Å². The van der Waals surface area contributed by atoms with Crippen LogP contribution < -0.4 is 10.9 Å². The van der Waals surface area contributed by atoms with Crippen LogP contribution in [0.5, 0.6) is 0 Å². The van der Waals surface area contributed by atoms with Gasteiger partial charge in [0.1, 0.15) is 5.39 Å². The Labute approximate surface area is 171 Å². The molecular formula is C21H18ClN5O2. The molecule has 0 atom stereocenters. The van der Waals surface area contributed by atoms with Crippen LogP contribution in [0.3, 0.4) is 0 Å². The molecule has 0 aliphatic carbocycles. The first kappa shape index (κ1) is 18.9. The molecule has 2 aromatic heterocycles. The molecule has 29 heavy (non-hydrogen) atoms. The van der Waals surface area contributed by atoms with Crippen molar-refractivity contribution in [1.82, 2.24) is 19.3 Å². The summed E-state index contributed by atoms with van der Waals surface area (Å²) in [5, 5.41) is 8.02. The van der Waals surface area contributed by atoms with Crippen LogP contribution in [-0.4, -0.2) is 25.2 Å². The predicted molar refractivity (Wildman–Crippen MR) is 113 cm³/mol. The first-order valence-electron chi connectivity index (χ1n) is 9.07. The van der Waals surface area contributed by atoms with Gasteiger partial charge in [0.2, 0.25) is 5.91 Å². The van der Waals surface area contributed by atoms with Crippen molar-refractivity contribution >= 4 is 34.2 Å². The molecule has 2 heterocycles. The molecule has 146 valence electrons. The third-order valence-corrected chi connectivity index (χ3v) is 4.76. The molecule has 0 aliphatic rings. The molecule has 0 saturated carbocycles. The van der Waals surface area contributed by atoms with Crippen molar-refractivity contribution < 1.29 is 4.79 Å². The van der Waals surface area contributed by atoms with Crippen molar-refractivity contribution in [3.05, 3.63) is 82.0 Å². The van der Waals surface area contributed by atoms with Gasteiger partial charge >= 0.3 is 0 Å². The lowest BCUT2D eigenvalue weighted by atomic mass is 10.2. The van der Waals surface area contributed by atoms with Gasteiger partial charge in [0.15, 0.2) is 5.65 Å². The van der Waals surface area contributed by atoms with Crippen LogP contribution in [0.1, 0.15) is 12.0 Å². The minimum atomic E-state index is -0.232. The molecule has 0 bridgehead atoms. The Balaban J connectivity index is 1.51. The summed E-state index contributed by atoms with van der Waals surface area (Å²) in [6.07, 6.45) is 3.09. The normalized spacial score (nSPS) is 11.0. The van der Waals surface area contributed by atoms with Gasteiger partial charge in [-0.05, 0) is 37.3 Å². The molecular weight excluding hydrogens is 390 g/mol. The number of aromatic nitrogens is 4. The fourth-order valence-electron chi connectivity index (χ4n) is 2.99. The van der Waals surface area contributed by atoms with Gasteiger partial charge in [0, 0.05) is 23.7 Å². The molecule has 4 aromatic rings. The van der Waals surface area contributed by atoms with E-state index in [0.29, 0.717) is 21.7 Å². The van der Waals surface area contributed by atoms with Crippen molar-refractivity contribution in [2.45, 2.75) is 19.9 Å². The smallest absolute Gasteiger partial charge is 0.264 e. The molecule has 7 nitrogen and oxygen atoms in total. The molecule has 1 N–H and O–H groups in total. The zero-order valence-electron chi connectivity index (χ0n) is 15.7. The fourth-order valence-corrected chi connectivity index (χ4v) is 3.18. The van der Waals surface area contributed by atoms with Crippen molar-refractivity contribution in [3.8, 4) is 5.69 Å². The Morgan fingerprint density at radius 3 is 2.72 bits per heavy atom. The molecule has 0 radical (unpaired) electrons. The number of halogens is 1. The lowest BCUT2D eigenvalue weighted by molar-refractivity contribution is -0.116. The number of carbonyl (C=O) groups is 1. The number of carbonyl (C=O) groups excluding carboxylic acids is 1. The highest BCUT2D eigenvalue weighted by atomic mass is 35.5. The number of anilines is 1. The minimum absolute atomic E-state index is 0.131. The van der Waals surface area contributed by atoms with E-state index in [1.54, 1.807) is 28.9 Å². The Bertz CT molecular complexity index is 1240. The summed E-state index contributed by atoms with van der Waals surface area (Å²) in [5.41, 5.74) is 2.83. The summed E-state index contributed by atoms with van der Waals surface area (Å²) in [4.78, 5) is 29.3. The quantitative estimate of drug-likeness (QED) is 0.548. The molecule has 8 heteroatoms. The molecule has 0 spiro atoms. The molecule has 0 unspecified atom stereocenters. The Kier molecular flexibility index (Phi) is 5.14. The van der Waals surface area contributed by atoms with E-state index in [-0.39, 0.29) is 24.4 Å². The lowest BCUT2D eigenvalue weighted by Crippen LogP contribution is -2.23. The van der Waals surface area contributed by atoms with E-state index >= 15 is 0 Å². The molecule has 0 fully saturated rings. The van der Waals surface area contributed by atoms with Crippen LogP contribution in [0.15, 0.2) is 65.8 Å². The van der Waals surface area contributed by atoms with Gasteiger partial charge in [-0.15, -0.1) is 0 Å². The van der Waals surface area contributed by atoms with Gasteiger partial charge in [-0.3, -0.25) is 14.2 Å². The molecule has 1 amide bonds. The summed E-state index contributed by atoms with van der Waals surface area (Å²) in [7, 11) is 0. The number of nitrogens with one attached hydrogen (secondary N) is 1. The van der Waals surface area contributed by atoms with Crippen molar-refractivity contribution in [3.63, 3.8) is 0 Å². The van der Waals surface area contributed by atoms with Gasteiger partial charge < -0.3 is 5.32 Å². The zero-order valence-corrected chi connectivity index (χ0v) is 16.4. The second-order valence-corrected chi connectivity index (χ2v) is 7.12. The van der Waals surface area contributed by atoms with Crippen LogP contribution in [0.2, 0.25) is 5.02 Å². The number of hydrogen-bond acceptors (Lipinski definition) is 4. The van der Waals surface area contributed by atoms with E-state index in [1.807, 2.05) is 31.2 Å². The minimum Gasteiger partial charge on any atom is -0.326 e. The van der Waals surface area contributed by atoms with Gasteiger partial charge in [0.05, 0.1) is 18.2 Å². The fraction of sp³-hybridized carbons (Fsp3) is 0.143. The standard InChI is InChI=1S/C21H18ClN5O2/c1-14-5-7-17(8-6-14)27-20-18(12-24-27)21(29)26(13-23-20)10-9-19(28)25-16-4-2-3-15(22)11-16/h2-8,11-13H,9-10H2,1H3,(H,25,28). The summed E-state index contributed by atoms with van der Waals surface area (Å²) in [6, 6.07) is 14.7. The summed E-state index contributed by atoms with van der Waals surface area (Å²) < 4.78 is 3.05. The average molecular weight is 408 g/mol. The van der Waals surface area contributed by atoms with E-state index < -0.39 is 0 Å². The van der Waals surface area contributed by atoms with E-state index in [0.717, 1.165) is 11.3 Å². The highest BCUT2D eigenvalue weighted by molar-refractivity contribution is 6.30. The molecule has 0 saturated heterocycles. The van der Waals surface area contributed by atoms with Gasteiger partial charge in [-0.2, -0.15) is 5.10 Å². The lowest BCUT2D eigenvalue weighted by Gasteiger charge is -2.08. The van der Waals surface area contributed by atoms with Crippen molar-refractivity contribution in [2.75, 3.05) is 5.32 Å². The third kappa shape index (κ3) is 4.05. The maximum atomic E-state index is 12.8. The third-order valence-electron chi connectivity index (χ3n) is 4.52. The average Bonchev–Trinajstić information content (AvgIpc) is 3.13. The number of nitrogens with zero attached hydrogens (tertiary/aromatic N) is 4. The van der Waals surface area contributed by atoms with Crippen molar-refractivity contribution in [1.29, 1.82) is 0 Å². The maximum absolute atomic E-state index is 12.8. The van der Waals surface area contributed by atoms with Gasteiger partial charge in [-0.1, -0.05) is 35.4 Å². The first-order valence-corrected chi connectivity index (χ1v) is 9.45. The Morgan fingerprint density at radius 1 is 1.17 bits per heavy atom. The van der Waals surface area contributed by atoms with E-state index in [4.69, 9.17) is 11.6 Å². The summed E-state index contributed by atoms with van der Waals surface area (Å²) >= 11 is 5.92. The second-order valence-electron chi connectivity index (χ2n) is 6.68. The Morgan fingerprint density at radius 2 is 1.97 bits per heavy atom. The van der Waals surface area contributed by atoms with Gasteiger partial charge in [-0.25, -0.2) is 9.67 Å². The molecule has 2 aromatic carbocycles. The highest BCUT2D eigenvalue weighted by Crippen LogP contribution is 2.16. The number of hydrogen-bond donors (Lipinski definition) is 1. The summed E-state index contributed by atoms with van der Waals surface area (Å²) in [6.45, 7) is 2.22. The topological polar surface area (TPSA) is 81.8 Å².